The van der Waals surface area contributed by atoms with Crippen LogP contribution < -0.4 is 10.1 Å². The minimum Gasteiger partial charge on any atom is -0.494 e. The molecule has 1 aliphatic rings. The number of nitrogens with one attached hydrogen (secondary N) is 1. The van der Waals surface area contributed by atoms with Gasteiger partial charge in [-0.3, -0.25) is 4.79 Å². The second-order valence-electron chi connectivity index (χ2n) is 10.5. The van der Waals surface area contributed by atoms with Crippen LogP contribution in [-0.4, -0.2) is 55.9 Å². The van der Waals surface area contributed by atoms with Gasteiger partial charge in [0.15, 0.2) is 11.6 Å². The van der Waals surface area contributed by atoms with E-state index < -0.39 is 11.6 Å². The Balaban J connectivity index is 1.53. The van der Waals surface area contributed by atoms with Gasteiger partial charge in [0.2, 0.25) is 5.90 Å². The van der Waals surface area contributed by atoms with E-state index in [2.05, 4.69) is 29.6 Å². The second-order valence-corrected chi connectivity index (χ2v) is 10.5. The van der Waals surface area contributed by atoms with Gasteiger partial charge in [-0.05, 0) is 52.9 Å². The predicted molar refractivity (Wildman–Crippen MR) is 168 cm³/mol. The van der Waals surface area contributed by atoms with Gasteiger partial charge >= 0.3 is 0 Å². The zero-order chi connectivity index (χ0) is 29.9. The number of hydrogen-bond acceptors (Lipinski definition) is 6. The molecule has 222 valence electrons. The SMILES string of the molecule is COCCCNC(=O)[C@]1(Cc2ccccc2)N=C(c2ccc(OCCCO)cc2)O[C@@H]1c1ccc(-c2ccccc2)cc1. The van der Waals surface area contributed by atoms with Crippen LogP contribution in [0.4, 0.5) is 0 Å². The van der Waals surface area contributed by atoms with Gasteiger partial charge in [0.1, 0.15) is 5.75 Å². The molecule has 1 aliphatic heterocycles. The van der Waals surface area contributed by atoms with Crippen LogP contribution in [0.3, 0.4) is 0 Å². The number of aliphatic imine (C=N–C) groups is 1. The van der Waals surface area contributed by atoms with Crippen molar-refractivity contribution in [3.05, 3.63) is 126 Å². The molecule has 0 bridgehead atoms. The number of methoxy groups -OCH3 is 1. The van der Waals surface area contributed by atoms with E-state index in [0.717, 1.165) is 27.8 Å². The predicted octanol–water partition coefficient (Wildman–Crippen LogP) is 5.77. The van der Waals surface area contributed by atoms with Crippen molar-refractivity contribution in [1.82, 2.24) is 5.32 Å². The van der Waals surface area contributed by atoms with E-state index in [-0.39, 0.29) is 12.5 Å². The fourth-order valence-corrected chi connectivity index (χ4v) is 5.24. The minimum atomic E-state index is -1.24. The van der Waals surface area contributed by atoms with Crippen molar-refractivity contribution >= 4 is 11.8 Å². The number of nitrogens with zero attached hydrogens (tertiary/aromatic N) is 1. The van der Waals surface area contributed by atoms with Gasteiger partial charge in [0.05, 0.1) is 6.61 Å². The Morgan fingerprint density at radius 3 is 2.16 bits per heavy atom. The van der Waals surface area contributed by atoms with Crippen LogP contribution in [0.1, 0.15) is 35.6 Å². The maximum atomic E-state index is 14.2. The topological polar surface area (TPSA) is 89.4 Å². The molecule has 0 aliphatic carbocycles. The number of carbonyl (C=O) groups excluding carboxylic acids is 1. The molecular weight excluding hydrogens is 540 g/mol. The Hall–Kier alpha value is -4.46. The number of hydrogen-bond donors (Lipinski definition) is 2. The van der Waals surface area contributed by atoms with Crippen molar-refractivity contribution in [3.63, 3.8) is 0 Å². The highest BCUT2D eigenvalue weighted by Gasteiger charge is 2.53. The van der Waals surface area contributed by atoms with Crippen molar-refractivity contribution in [3.8, 4) is 16.9 Å². The van der Waals surface area contributed by atoms with Crippen LogP contribution in [0.2, 0.25) is 0 Å². The summed E-state index contributed by atoms with van der Waals surface area (Å²) in [5.74, 6) is 0.904. The van der Waals surface area contributed by atoms with E-state index in [4.69, 9.17) is 24.3 Å². The van der Waals surface area contributed by atoms with E-state index >= 15 is 0 Å². The van der Waals surface area contributed by atoms with Crippen molar-refractivity contribution in [2.75, 3.05) is 33.5 Å². The quantitative estimate of drug-likeness (QED) is 0.186. The van der Waals surface area contributed by atoms with Gasteiger partial charge in [-0.2, -0.15) is 0 Å². The van der Waals surface area contributed by atoms with Crippen LogP contribution in [-0.2, 0) is 20.7 Å². The fourth-order valence-electron chi connectivity index (χ4n) is 5.24. The first kappa shape index (κ1) is 30.0. The average molecular weight is 579 g/mol. The summed E-state index contributed by atoms with van der Waals surface area (Å²) < 4.78 is 17.6. The molecule has 5 rings (SSSR count). The van der Waals surface area contributed by atoms with Crippen molar-refractivity contribution in [2.45, 2.75) is 30.9 Å². The highest BCUT2D eigenvalue weighted by atomic mass is 16.5. The molecule has 7 nitrogen and oxygen atoms in total. The lowest BCUT2D eigenvalue weighted by molar-refractivity contribution is -0.129. The molecule has 1 amide bonds. The molecule has 0 saturated carbocycles. The molecule has 0 aromatic heterocycles. The van der Waals surface area contributed by atoms with Crippen LogP contribution in [0.25, 0.3) is 11.1 Å². The zero-order valence-electron chi connectivity index (χ0n) is 24.4. The fraction of sp³-hybridized carbons (Fsp3) is 0.278. The average Bonchev–Trinajstić information content (AvgIpc) is 3.45. The summed E-state index contributed by atoms with van der Waals surface area (Å²) in [6, 6.07) is 35.8. The zero-order valence-corrected chi connectivity index (χ0v) is 24.4. The first-order valence-corrected chi connectivity index (χ1v) is 14.7. The standard InChI is InChI=1S/C36H38N2O5/c1-41-24-8-22-37-35(40)36(26-27-10-4-2-5-11-27)33(30-16-14-29(15-17-30)28-12-6-3-7-13-28)43-34(38-36)31-18-20-32(21-19-31)42-25-9-23-39/h2-7,10-21,33,39H,8-9,22-26H2,1H3,(H,37,40)/t33-,36-/m1/s1. The Morgan fingerprint density at radius 2 is 1.49 bits per heavy atom. The van der Waals surface area contributed by atoms with E-state index in [0.29, 0.717) is 50.7 Å². The number of aliphatic hydroxyl groups is 1. The summed E-state index contributed by atoms with van der Waals surface area (Å²) in [6.45, 7) is 1.52. The largest absolute Gasteiger partial charge is 0.494 e. The van der Waals surface area contributed by atoms with Crippen molar-refractivity contribution < 1.29 is 24.1 Å². The third-order valence-electron chi connectivity index (χ3n) is 7.48. The molecule has 4 aromatic carbocycles. The summed E-state index contributed by atoms with van der Waals surface area (Å²) in [7, 11) is 1.65. The van der Waals surface area contributed by atoms with Gasteiger partial charge in [-0.15, -0.1) is 0 Å². The Bertz CT molecular complexity index is 1470. The third kappa shape index (κ3) is 7.31. The van der Waals surface area contributed by atoms with Gasteiger partial charge in [-0.1, -0.05) is 84.9 Å². The Morgan fingerprint density at radius 1 is 0.837 bits per heavy atom. The third-order valence-corrected chi connectivity index (χ3v) is 7.48. The molecule has 1 heterocycles. The lowest BCUT2D eigenvalue weighted by Gasteiger charge is -2.31. The molecule has 2 N–H and O–H groups in total. The van der Waals surface area contributed by atoms with E-state index in [1.165, 1.54) is 0 Å². The van der Waals surface area contributed by atoms with Crippen LogP contribution >= 0.6 is 0 Å². The smallest absolute Gasteiger partial charge is 0.252 e. The van der Waals surface area contributed by atoms with Crippen molar-refractivity contribution in [1.29, 1.82) is 0 Å². The number of rotatable bonds is 14. The maximum Gasteiger partial charge on any atom is 0.252 e. The van der Waals surface area contributed by atoms with E-state index in [1.807, 2.05) is 84.9 Å². The first-order valence-electron chi connectivity index (χ1n) is 14.7. The first-order chi connectivity index (χ1) is 21.1. The van der Waals surface area contributed by atoms with E-state index in [1.54, 1.807) is 7.11 Å². The van der Waals surface area contributed by atoms with E-state index in [9.17, 15) is 4.79 Å². The molecule has 0 radical (unpaired) electrons. The molecule has 0 fully saturated rings. The molecule has 0 spiro atoms. The lowest BCUT2D eigenvalue weighted by Crippen LogP contribution is -2.50. The number of aliphatic hydroxyl groups excluding tert-OH is 1. The van der Waals surface area contributed by atoms with Gasteiger partial charge in [0, 0.05) is 45.3 Å². The highest BCUT2D eigenvalue weighted by Crippen LogP contribution is 2.43. The monoisotopic (exact) mass is 578 g/mol. The normalized spacial score (nSPS) is 17.6. The number of ether oxygens (including phenoxy) is 3. The van der Waals surface area contributed by atoms with Crippen molar-refractivity contribution in [2.24, 2.45) is 4.99 Å². The number of benzene rings is 4. The number of carbonyl (C=O) groups is 1. The number of amides is 1. The molecular formula is C36H38N2O5. The van der Waals surface area contributed by atoms with Gasteiger partial charge in [-0.25, -0.2) is 4.99 Å². The van der Waals surface area contributed by atoms with Crippen LogP contribution in [0, 0.1) is 0 Å². The van der Waals surface area contributed by atoms with Crippen LogP contribution in [0.5, 0.6) is 5.75 Å². The molecule has 43 heavy (non-hydrogen) atoms. The molecule has 0 saturated heterocycles. The Labute approximate surface area is 253 Å². The molecule has 4 aromatic rings. The van der Waals surface area contributed by atoms with Crippen LogP contribution in [0.15, 0.2) is 114 Å². The summed E-state index contributed by atoms with van der Waals surface area (Å²) in [4.78, 5) is 19.3. The second kappa shape index (κ2) is 14.6. The summed E-state index contributed by atoms with van der Waals surface area (Å²) in [5.41, 5.74) is 3.56. The minimum absolute atomic E-state index is 0.0769. The van der Waals surface area contributed by atoms with Gasteiger partial charge in [0.25, 0.3) is 5.91 Å². The lowest BCUT2D eigenvalue weighted by atomic mass is 9.81. The summed E-state index contributed by atoms with van der Waals surface area (Å²) in [6.07, 6.45) is 0.954. The summed E-state index contributed by atoms with van der Waals surface area (Å²) >= 11 is 0. The Kier molecular flexibility index (Phi) is 10.2. The maximum absolute atomic E-state index is 14.2. The molecule has 2 atom stereocenters. The summed E-state index contributed by atoms with van der Waals surface area (Å²) in [5, 5.41) is 12.2. The van der Waals surface area contributed by atoms with Gasteiger partial charge < -0.3 is 24.6 Å². The highest BCUT2D eigenvalue weighted by molar-refractivity contribution is 6.01. The molecule has 7 heteroatoms. The molecule has 0 unspecified atom stereocenters.